The first-order chi connectivity index (χ1) is 11.2. The molecule has 0 unspecified atom stereocenters. The predicted octanol–water partition coefficient (Wildman–Crippen LogP) is 1.48. The van der Waals surface area contributed by atoms with E-state index in [1.54, 1.807) is 4.90 Å². The third-order valence-corrected chi connectivity index (χ3v) is 4.13. The molecule has 0 saturated carbocycles. The summed E-state index contributed by atoms with van der Waals surface area (Å²) < 4.78 is 38.2. The number of nitro benzene ring substituents is 1. The van der Waals surface area contributed by atoms with Crippen LogP contribution in [0.2, 0.25) is 0 Å². The number of nitro groups is 1. The molecular weight excluding hydrogens is 325 g/mol. The van der Waals surface area contributed by atoms with E-state index < -0.39 is 22.4 Å². The lowest BCUT2D eigenvalue weighted by Gasteiger charge is -2.33. The number of nitrogens with one attached hydrogen (secondary N) is 1. The van der Waals surface area contributed by atoms with Crippen LogP contribution in [-0.4, -0.2) is 37.6 Å². The van der Waals surface area contributed by atoms with Crippen LogP contribution in [0.1, 0.15) is 12.5 Å². The average molecular weight is 343 g/mol. The SMILES string of the molecule is C[C@H](C#N)C[NH+]1CCN(c2ccc(C(F)(F)F)cc2[N+](=O)[O-])CC1. The molecule has 9 heteroatoms. The van der Waals surface area contributed by atoms with Crippen LogP contribution in [0.25, 0.3) is 0 Å². The van der Waals surface area contributed by atoms with Crippen molar-refractivity contribution in [2.24, 2.45) is 5.92 Å². The first-order valence-electron chi connectivity index (χ1n) is 7.56. The molecule has 0 amide bonds. The molecule has 1 aromatic carbocycles. The molecule has 2 rings (SSSR count). The van der Waals surface area contributed by atoms with Gasteiger partial charge in [0.2, 0.25) is 0 Å². The number of nitriles is 1. The second kappa shape index (κ2) is 7.05. The zero-order valence-electron chi connectivity index (χ0n) is 13.1. The first-order valence-corrected chi connectivity index (χ1v) is 7.56. The van der Waals surface area contributed by atoms with Crippen molar-refractivity contribution in [1.82, 2.24) is 0 Å². The van der Waals surface area contributed by atoms with Crippen molar-refractivity contribution >= 4 is 11.4 Å². The van der Waals surface area contributed by atoms with Crippen molar-refractivity contribution in [2.75, 3.05) is 37.6 Å². The molecule has 0 radical (unpaired) electrons. The topological polar surface area (TPSA) is 74.6 Å². The third kappa shape index (κ3) is 4.14. The molecule has 1 atom stereocenters. The fourth-order valence-corrected chi connectivity index (χ4v) is 2.86. The van der Waals surface area contributed by atoms with Gasteiger partial charge in [-0.15, -0.1) is 0 Å². The Labute approximate surface area is 137 Å². The summed E-state index contributed by atoms with van der Waals surface area (Å²) in [7, 11) is 0. The summed E-state index contributed by atoms with van der Waals surface area (Å²) in [6.07, 6.45) is -4.61. The van der Waals surface area contributed by atoms with Crippen molar-refractivity contribution in [3.63, 3.8) is 0 Å². The Hall–Kier alpha value is -2.34. The maximum absolute atomic E-state index is 12.7. The van der Waals surface area contributed by atoms with Gasteiger partial charge in [-0.25, -0.2) is 0 Å². The van der Waals surface area contributed by atoms with Crippen LogP contribution in [-0.2, 0) is 6.18 Å². The minimum Gasteiger partial charge on any atom is -0.355 e. The van der Waals surface area contributed by atoms with Gasteiger partial charge >= 0.3 is 6.18 Å². The van der Waals surface area contributed by atoms with Crippen LogP contribution in [0.3, 0.4) is 0 Å². The van der Waals surface area contributed by atoms with Crippen molar-refractivity contribution in [3.05, 3.63) is 33.9 Å². The van der Waals surface area contributed by atoms with E-state index in [1.807, 2.05) is 6.92 Å². The fourth-order valence-electron chi connectivity index (χ4n) is 2.86. The predicted molar refractivity (Wildman–Crippen MR) is 80.7 cm³/mol. The van der Waals surface area contributed by atoms with Gasteiger partial charge in [0.05, 0.1) is 55.2 Å². The largest absolute Gasteiger partial charge is 0.416 e. The van der Waals surface area contributed by atoms with Gasteiger partial charge in [-0.05, 0) is 19.1 Å². The van der Waals surface area contributed by atoms with Crippen molar-refractivity contribution < 1.29 is 23.0 Å². The molecule has 0 bridgehead atoms. The van der Waals surface area contributed by atoms with E-state index in [-0.39, 0.29) is 11.6 Å². The molecule has 130 valence electrons. The van der Waals surface area contributed by atoms with E-state index in [1.165, 1.54) is 11.0 Å². The number of rotatable bonds is 4. The summed E-state index contributed by atoms with van der Waals surface area (Å²) in [6, 6.07) is 4.80. The zero-order chi connectivity index (χ0) is 17.9. The monoisotopic (exact) mass is 343 g/mol. The minimum atomic E-state index is -4.61. The van der Waals surface area contributed by atoms with E-state index in [4.69, 9.17) is 5.26 Å². The van der Waals surface area contributed by atoms with Crippen LogP contribution in [0.15, 0.2) is 18.2 Å². The Morgan fingerprint density at radius 3 is 2.54 bits per heavy atom. The van der Waals surface area contributed by atoms with Crippen molar-refractivity contribution in [3.8, 4) is 6.07 Å². The number of benzene rings is 1. The number of hydrogen-bond donors (Lipinski definition) is 1. The molecule has 1 aliphatic rings. The molecule has 0 aromatic heterocycles. The molecule has 1 heterocycles. The van der Waals surface area contributed by atoms with Crippen molar-refractivity contribution in [1.29, 1.82) is 5.26 Å². The molecule has 1 aromatic rings. The van der Waals surface area contributed by atoms with Crippen LogP contribution in [0.5, 0.6) is 0 Å². The number of nitrogens with zero attached hydrogens (tertiary/aromatic N) is 3. The number of hydrogen-bond acceptors (Lipinski definition) is 4. The van der Waals surface area contributed by atoms with Gasteiger partial charge in [-0.2, -0.15) is 18.4 Å². The number of quaternary nitrogens is 1. The fraction of sp³-hybridized carbons (Fsp3) is 0.533. The Morgan fingerprint density at radius 1 is 1.42 bits per heavy atom. The summed E-state index contributed by atoms with van der Waals surface area (Å²) in [5.74, 6) is -0.0769. The van der Waals surface area contributed by atoms with Gasteiger partial charge in [-0.3, -0.25) is 10.1 Å². The highest BCUT2D eigenvalue weighted by atomic mass is 19.4. The lowest BCUT2D eigenvalue weighted by atomic mass is 10.1. The maximum Gasteiger partial charge on any atom is 0.416 e. The van der Waals surface area contributed by atoms with Gasteiger partial charge in [0.15, 0.2) is 0 Å². The molecule has 0 aliphatic carbocycles. The van der Waals surface area contributed by atoms with Gasteiger partial charge in [0, 0.05) is 6.07 Å². The van der Waals surface area contributed by atoms with Crippen LogP contribution in [0, 0.1) is 27.4 Å². The van der Waals surface area contributed by atoms with E-state index in [0.29, 0.717) is 38.8 Å². The third-order valence-electron chi connectivity index (χ3n) is 4.13. The normalized spacial score (nSPS) is 17.4. The summed E-state index contributed by atoms with van der Waals surface area (Å²) >= 11 is 0. The number of halogens is 3. The standard InChI is InChI=1S/C15H17F3N4O2/c1-11(9-19)10-20-4-6-21(7-5-20)13-3-2-12(15(16,17)18)8-14(13)22(23)24/h2-3,8,11H,4-7,10H2,1H3/p+1/t11-/m1/s1. The summed E-state index contributed by atoms with van der Waals surface area (Å²) in [5.41, 5.74) is -1.34. The van der Waals surface area contributed by atoms with E-state index in [0.717, 1.165) is 6.07 Å². The number of piperazine rings is 1. The highest BCUT2D eigenvalue weighted by Gasteiger charge is 2.34. The van der Waals surface area contributed by atoms with E-state index >= 15 is 0 Å². The minimum absolute atomic E-state index is 0.0769. The summed E-state index contributed by atoms with van der Waals surface area (Å²) in [6.45, 7) is 4.90. The Balaban J connectivity index is 2.16. The number of anilines is 1. The quantitative estimate of drug-likeness (QED) is 0.664. The second-order valence-corrected chi connectivity index (χ2v) is 5.93. The highest BCUT2D eigenvalue weighted by molar-refractivity contribution is 5.64. The average Bonchev–Trinajstić information content (AvgIpc) is 2.54. The molecule has 1 fully saturated rings. The second-order valence-electron chi connectivity index (χ2n) is 5.93. The van der Waals surface area contributed by atoms with Crippen LogP contribution in [0.4, 0.5) is 24.5 Å². The lowest BCUT2D eigenvalue weighted by molar-refractivity contribution is -0.902. The number of alkyl halides is 3. The van der Waals surface area contributed by atoms with Crippen LogP contribution >= 0.6 is 0 Å². The highest BCUT2D eigenvalue weighted by Crippen LogP contribution is 2.36. The van der Waals surface area contributed by atoms with Gasteiger partial charge < -0.3 is 9.80 Å². The Bertz CT molecular complexity index is 649. The zero-order valence-corrected chi connectivity index (χ0v) is 13.1. The summed E-state index contributed by atoms with van der Waals surface area (Å²) in [5, 5.41) is 20.0. The molecule has 24 heavy (non-hydrogen) atoms. The van der Waals surface area contributed by atoms with E-state index in [2.05, 4.69) is 6.07 Å². The van der Waals surface area contributed by atoms with Gasteiger partial charge in [0.1, 0.15) is 5.69 Å². The van der Waals surface area contributed by atoms with E-state index in [9.17, 15) is 23.3 Å². The van der Waals surface area contributed by atoms with Gasteiger partial charge in [0.25, 0.3) is 5.69 Å². The molecule has 1 saturated heterocycles. The van der Waals surface area contributed by atoms with Crippen LogP contribution < -0.4 is 9.80 Å². The Kier molecular flexibility index (Phi) is 5.29. The molecule has 1 aliphatic heterocycles. The lowest BCUT2D eigenvalue weighted by Crippen LogP contribution is -3.15. The molecule has 1 N–H and O–H groups in total. The molecule has 6 nitrogen and oxygen atoms in total. The first kappa shape index (κ1) is 18.0. The maximum atomic E-state index is 12.7. The Morgan fingerprint density at radius 2 is 2.04 bits per heavy atom. The molecule has 0 spiro atoms. The smallest absolute Gasteiger partial charge is 0.355 e. The molecular formula is C15H18F3N4O2+. The van der Waals surface area contributed by atoms with Gasteiger partial charge in [-0.1, -0.05) is 0 Å². The summed E-state index contributed by atoms with van der Waals surface area (Å²) in [4.78, 5) is 13.3. The van der Waals surface area contributed by atoms with Crippen molar-refractivity contribution in [2.45, 2.75) is 13.1 Å².